The Bertz CT molecular complexity index is 843. The number of hydrogen-bond acceptors (Lipinski definition) is 3. The van der Waals surface area contributed by atoms with Gasteiger partial charge in [0, 0.05) is 17.8 Å². The first kappa shape index (κ1) is 15.0. The maximum Gasteiger partial charge on any atom is 0.408 e. The highest BCUT2D eigenvalue weighted by atomic mass is 19.4. The number of carbonyl (C=O) groups excluding carboxylic acids is 1. The molecule has 0 aliphatic rings. The molecule has 0 atom stereocenters. The van der Waals surface area contributed by atoms with E-state index in [4.69, 9.17) is 0 Å². The Kier molecular flexibility index (Phi) is 3.73. The van der Waals surface area contributed by atoms with E-state index >= 15 is 0 Å². The van der Waals surface area contributed by atoms with Crippen molar-refractivity contribution in [2.75, 3.05) is 5.32 Å². The summed E-state index contributed by atoms with van der Waals surface area (Å²) in [7, 11) is 0. The Balaban J connectivity index is 1.93. The number of nitrogens with one attached hydrogen (secondary N) is 1. The van der Waals surface area contributed by atoms with Gasteiger partial charge in [0.2, 0.25) is 0 Å². The van der Waals surface area contributed by atoms with Gasteiger partial charge in [-0.15, -0.1) is 0 Å². The van der Waals surface area contributed by atoms with Crippen LogP contribution >= 0.6 is 0 Å². The topological polar surface area (TPSA) is 59.8 Å². The average molecular weight is 320 g/mol. The Hall–Kier alpha value is -2.90. The van der Waals surface area contributed by atoms with Crippen LogP contribution in [0.5, 0.6) is 0 Å². The lowest BCUT2D eigenvalue weighted by atomic mass is 10.1. The molecule has 0 aliphatic heterocycles. The number of benzene rings is 1. The molecular weight excluding hydrogens is 309 g/mol. The smallest absolute Gasteiger partial charge is 0.321 e. The molecule has 118 valence electrons. The van der Waals surface area contributed by atoms with E-state index in [1.54, 1.807) is 30.5 Å². The van der Waals surface area contributed by atoms with Crippen molar-refractivity contribution in [1.82, 2.24) is 14.8 Å². The molecule has 0 saturated heterocycles. The molecule has 0 saturated carbocycles. The summed E-state index contributed by atoms with van der Waals surface area (Å²) < 4.78 is 38.2. The number of pyridine rings is 1. The molecule has 5 nitrogen and oxygen atoms in total. The fraction of sp³-hybridized carbons (Fsp3) is 0.133. The fourth-order valence-corrected chi connectivity index (χ4v) is 2.19. The number of nitrogens with zero attached hydrogens (tertiary/aromatic N) is 3. The first-order valence-electron chi connectivity index (χ1n) is 6.67. The van der Waals surface area contributed by atoms with Gasteiger partial charge in [-0.05, 0) is 24.3 Å². The van der Waals surface area contributed by atoms with Gasteiger partial charge in [-0.1, -0.05) is 6.07 Å². The van der Waals surface area contributed by atoms with E-state index in [0.717, 1.165) is 4.68 Å². The lowest BCUT2D eigenvalue weighted by Crippen LogP contribution is -2.17. The van der Waals surface area contributed by atoms with E-state index in [-0.39, 0.29) is 5.56 Å². The van der Waals surface area contributed by atoms with Crippen LogP contribution in [0.2, 0.25) is 0 Å². The van der Waals surface area contributed by atoms with Gasteiger partial charge in [-0.3, -0.25) is 14.5 Å². The second-order valence-corrected chi connectivity index (χ2v) is 4.88. The van der Waals surface area contributed by atoms with Crippen LogP contribution in [0.1, 0.15) is 10.4 Å². The Labute approximate surface area is 128 Å². The number of aromatic nitrogens is 3. The van der Waals surface area contributed by atoms with E-state index in [1.807, 2.05) is 0 Å². The van der Waals surface area contributed by atoms with Gasteiger partial charge < -0.3 is 5.32 Å². The van der Waals surface area contributed by atoms with Gasteiger partial charge in [-0.2, -0.15) is 18.3 Å². The van der Waals surface area contributed by atoms with Crippen molar-refractivity contribution in [1.29, 1.82) is 0 Å². The SMILES string of the molecule is O=C(Nc1cccnc1)c1cccc2nn(CC(F)(F)F)cc12. The third kappa shape index (κ3) is 3.47. The minimum Gasteiger partial charge on any atom is -0.321 e. The predicted octanol–water partition coefficient (Wildman–Crippen LogP) is 3.25. The second-order valence-electron chi connectivity index (χ2n) is 4.88. The van der Waals surface area contributed by atoms with Crippen molar-refractivity contribution in [2.24, 2.45) is 0 Å². The Morgan fingerprint density at radius 3 is 2.74 bits per heavy atom. The molecule has 3 rings (SSSR count). The monoisotopic (exact) mass is 320 g/mol. The van der Waals surface area contributed by atoms with Crippen molar-refractivity contribution >= 4 is 22.5 Å². The molecule has 0 spiro atoms. The van der Waals surface area contributed by atoms with Crippen molar-refractivity contribution in [3.63, 3.8) is 0 Å². The summed E-state index contributed by atoms with van der Waals surface area (Å²) in [6.45, 7) is -1.20. The summed E-state index contributed by atoms with van der Waals surface area (Å²) in [4.78, 5) is 16.2. The summed E-state index contributed by atoms with van der Waals surface area (Å²) in [6.07, 6.45) is -0.107. The first-order chi connectivity index (χ1) is 10.9. The average Bonchev–Trinajstić information content (AvgIpc) is 2.87. The predicted molar refractivity (Wildman–Crippen MR) is 78.0 cm³/mol. The number of amides is 1. The molecule has 0 aliphatic carbocycles. The molecule has 0 unspecified atom stereocenters. The minimum atomic E-state index is -4.37. The number of hydrogen-bond donors (Lipinski definition) is 1. The lowest BCUT2D eigenvalue weighted by molar-refractivity contribution is -0.142. The molecular formula is C15H11F3N4O. The van der Waals surface area contributed by atoms with E-state index in [9.17, 15) is 18.0 Å². The highest BCUT2D eigenvalue weighted by Gasteiger charge is 2.28. The van der Waals surface area contributed by atoms with Crippen LogP contribution in [0.25, 0.3) is 10.9 Å². The quantitative estimate of drug-likeness (QED) is 0.806. The van der Waals surface area contributed by atoms with Crippen molar-refractivity contribution in [3.05, 3.63) is 54.5 Å². The van der Waals surface area contributed by atoms with Crippen molar-refractivity contribution in [3.8, 4) is 0 Å². The number of anilines is 1. The lowest BCUT2D eigenvalue weighted by Gasteiger charge is -2.05. The minimum absolute atomic E-state index is 0.250. The van der Waals surface area contributed by atoms with Crippen LogP contribution < -0.4 is 5.32 Å². The van der Waals surface area contributed by atoms with Crippen LogP contribution in [0.4, 0.5) is 18.9 Å². The number of rotatable bonds is 3. The molecule has 1 N–H and O–H groups in total. The molecule has 0 bridgehead atoms. The summed E-state index contributed by atoms with van der Waals surface area (Å²) in [5, 5.41) is 6.86. The van der Waals surface area contributed by atoms with Crippen LogP contribution in [0.3, 0.4) is 0 Å². The molecule has 2 heterocycles. The van der Waals surface area contributed by atoms with Gasteiger partial charge in [0.25, 0.3) is 5.91 Å². The first-order valence-corrected chi connectivity index (χ1v) is 6.67. The highest BCUT2D eigenvalue weighted by molar-refractivity contribution is 6.12. The summed E-state index contributed by atoms with van der Waals surface area (Å²) in [5.41, 5.74) is 1.07. The summed E-state index contributed by atoms with van der Waals surface area (Å²) in [6, 6.07) is 8.00. The molecule has 2 aromatic heterocycles. The molecule has 23 heavy (non-hydrogen) atoms. The maximum atomic E-state index is 12.5. The Morgan fingerprint density at radius 1 is 1.22 bits per heavy atom. The molecule has 3 aromatic rings. The van der Waals surface area contributed by atoms with Gasteiger partial charge in [-0.25, -0.2) is 0 Å². The van der Waals surface area contributed by atoms with E-state index in [1.165, 1.54) is 18.5 Å². The van der Waals surface area contributed by atoms with Gasteiger partial charge in [0.1, 0.15) is 6.54 Å². The number of carbonyl (C=O) groups is 1. The number of fused-ring (bicyclic) bond motifs is 1. The second kappa shape index (κ2) is 5.71. The largest absolute Gasteiger partial charge is 0.408 e. The zero-order valence-electron chi connectivity index (χ0n) is 11.7. The maximum absolute atomic E-state index is 12.5. The van der Waals surface area contributed by atoms with E-state index in [2.05, 4.69) is 15.4 Å². The van der Waals surface area contributed by atoms with Crippen molar-refractivity contribution in [2.45, 2.75) is 12.7 Å². The van der Waals surface area contributed by atoms with Crippen molar-refractivity contribution < 1.29 is 18.0 Å². The third-order valence-corrected chi connectivity index (χ3v) is 3.10. The Morgan fingerprint density at radius 2 is 2.04 bits per heavy atom. The van der Waals surface area contributed by atoms with Crippen LogP contribution in [0.15, 0.2) is 48.9 Å². The fourth-order valence-electron chi connectivity index (χ4n) is 2.19. The molecule has 1 amide bonds. The van der Waals surface area contributed by atoms with Gasteiger partial charge >= 0.3 is 6.18 Å². The highest BCUT2D eigenvalue weighted by Crippen LogP contribution is 2.22. The van der Waals surface area contributed by atoms with Crippen LogP contribution in [0, 0.1) is 0 Å². The third-order valence-electron chi connectivity index (χ3n) is 3.10. The van der Waals surface area contributed by atoms with Gasteiger partial charge in [0.15, 0.2) is 0 Å². The number of alkyl halides is 3. The zero-order valence-corrected chi connectivity index (χ0v) is 11.7. The molecule has 0 fully saturated rings. The van der Waals surface area contributed by atoms with Gasteiger partial charge in [0.05, 0.1) is 23.0 Å². The van der Waals surface area contributed by atoms with Crippen LogP contribution in [-0.4, -0.2) is 26.8 Å². The van der Waals surface area contributed by atoms with E-state index < -0.39 is 18.6 Å². The zero-order chi connectivity index (χ0) is 16.4. The number of halogens is 3. The normalized spacial score (nSPS) is 11.6. The summed E-state index contributed by atoms with van der Waals surface area (Å²) in [5.74, 6) is -0.435. The van der Waals surface area contributed by atoms with Crippen LogP contribution in [-0.2, 0) is 6.54 Å². The molecule has 1 aromatic carbocycles. The summed E-state index contributed by atoms with van der Waals surface area (Å²) >= 11 is 0. The molecule has 0 radical (unpaired) electrons. The standard InChI is InChI=1S/C15H11F3N4O/c16-15(17,18)9-22-8-12-11(4-1-5-13(12)21-22)14(23)20-10-3-2-6-19-7-10/h1-8H,9H2,(H,20,23). The molecule has 8 heteroatoms. The van der Waals surface area contributed by atoms with E-state index in [0.29, 0.717) is 16.6 Å².